The quantitative estimate of drug-likeness (QED) is 0.885. The summed E-state index contributed by atoms with van der Waals surface area (Å²) < 4.78 is 0.834. The lowest BCUT2D eigenvalue weighted by molar-refractivity contribution is 0.0938. The van der Waals surface area contributed by atoms with E-state index in [9.17, 15) is 4.79 Å². The van der Waals surface area contributed by atoms with Crippen LogP contribution in [-0.4, -0.2) is 11.9 Å². The van der Waals surface area contributed by atoms with E-state index in [0.717, 1.165) is 10.9 Å². The van der Waals surface area contributed by atoms with Gasteiger partial charge in [-0.15, -0.1) is 0 Å². The van der Waals surface area contributed by atoms with Gasteiger partial charge in [0, 0.05) is 10.5 Å². The van der Waals surface area contributed by atoms with Gasteiger partial charge in [-0.2, -0.15) is 0 Å². The summed E-state index contributed by atoms with van der Waals surface area (Å²) in [6.45, 7) is 4.04. The van der Waals surface area contributed by atoms with E-state index in [0.29, 0.717) is 5.56 Å². The Morgan fingerprint density at radius 3 is 2.71 bits per heavy atom. The Hall–Kier alpha value is -0.830. The Balaban J connectivity index is 2.75. The molecule has 1 N–H and O–H groups in total. The third-order valence-corrected chi connectivity index (χ3v) is 2.80. The first-order chi connectivity index (χ1) is 6.65. The van der Waals surface area contributed by atoms with E-state index in [4.69, 9.17) is 0 Å². The molecule has 0 saturated heterocycles. The fraction of sp³-hybridized carbons (Fsp3) is 0.364. The molecule has 1 aromatic rings. The third kappa shape index (κ3) is 2.84. The molecule has 0 heterocycles. The highest BCUT2D eigenvalue weighted by Crippen LogP contribution is 2.15. The van der Waals surface area contributed by atoms with Gasteiger partial charge in [-0.25, -0.2) is 0 Å². The molecule has 76 valence electrons. The predicted molar refractivity (Wildman–Crippen MR) is 61.4 cm³/mol. The van der Waals surface area contributed by atoms with Gasteiger partial charge >= 0.3 is 0 Å². The molecule has 0 radical (unpaired) electrons. The van der Waals surface area contributed by atoms with Crippen LogP contribution in [0, 0.1) is 0 Å². The number of carbonyl (C=O) groups excluding carboxylic acids is 1. The van der Waals surface area contributed by atoms with E-state index in [1.54, 1.807) is 0 Å². The van der Waals surface area contributed by atoms with E-state index >= 15 is 0 Å². The number of rotatable bonds is 3. The standard InChI is InChI=1S/C11H14BrNO/c1-3-8(2)13-11(14)9-6-4-5-7-10(9)12/h4-8H,3H2,1-2H3,(H,13,14)/t8-/m1/s1. The van der Waals surface area contributed by atoms with E-state index in [2.05, 4.69) is 21.2 Å². The van der Waals surface area contributed by atoms with Crippen LogP contribution in [0.15, 0.2) is 28.7 Å². The number of halogens is 1. The Morgan fingerprint density at radius 1 is 1.50 bits per heavy atom. The maximum absolute atomic E-state index is 11.7. The number of carbonyl (C=O) groups is 1. The number of hydrogen-bond acceptors (Lipinski definition) is 1. The summed E-state index contributed by atoms with van der Waals surface area (Å²) >= 11 is 3.35. The summed E-state index contributed by atoms with van der Waals surface area (Å²) in [5.41, 5.74) is 0.688. The van der Waals surface area contributed by atoms with Crippen molar-refractivity contribution in [3.05, 3.63) is 34.3 Å². The van der Waals surface area contributed by atoms with Crippen LogP contribution in [0.2, 0.25) is 0 Å². The summed E-state index contributed by atoms with van der Waals surface area (Å²) in [7, 11) is 0. The van der Waals surface area contributed by atoms with Crippen molar-refractivity contribution in [2.24, 2.45) is 0 Å². The minimum atomic E-state index is -0.0215. The molecule has 0 aliphatic heterocycles. The van der Waals surface area contributed by atoms with Crippen molar-refractivity contribution in [3.63, 3.8) is 0 Å². The fourth-order valence-corrected chi connectivity index (χ4v) is 1.51. The van der Waals surface area contributed by atoms with Crippen LogP contribution >= 0.6 is 15.9 Å². The summed E-state index contributed by atoms with van der Waals surface area (Å²) in [6, 6.07) is 7.64. The molecule has 1 atom stereocenters. The van der Waals surface area contributed by atoms with E-state index in [-0.39, 0.29) is 11.9 Å². The van der Waals surface area contributed by atoms with Gasteiger partial charge in [0.05, 0.1) is 5.56 Å². The minimum absolute atomic E-state index is 0.0215. The topological polar surface area (TPSA) is 29.1 Å². The largest absolute Gasteiger partial charge is 0.350 e. The Kier molecular flexibility index (Phi) is 4.14. The lowest BCUT2D eigenvalue weighted by atomic mass is 10.2. The van der Waals surface area contributed by atoms with Crippen LogP contribution in [0.1, 0.15) is 30.6 Å². The van der Waals surface area contributed by atoms with Crippen molar-refractivity contribution in [2.45, 2.75) is 26.3 Å². The average molecular weight is 256 g/mol. The van der Waals surface area contributed by atoms with Gasteiger partial charge in [0.15, 0.2) is 0 Å². The third-order valence-electron chi connectivity index (χ3n) is 2.11. The maximum atomic E-state index is 11.7. The zero-order chi connectivity index (χ0) is 10.6. The minimum Gasteiger partial charge on any atom is -0.350 e. The molecular formula is C11H14BrNO. The summed E-state index contributed by atoms with van der Waals surface area (Å²) in [5, 5.41) is 2.92. The van der Waals surface area contributed by atoms with Gasteiger partial charge in [0.2, 0.25) is 0 Å². The van der Waals surface area contributed by atoms with E-state index in [1.807, 2.05) is 38.1 Å². The molecular weight excluding hydrogens is 242 g/mol. The van der Waals surface area contributed by atoms with Crippen molar-refractivity contribution in [2.75, 3.05) is 0 Å². The van der Waals surface area contributed by atoms with Gasteiger partial charge in [0.1, 0.15) is 0 Å². The lowest BCUT2D eigenvalue weighted by Crippen LogP contribution is -2.32. The van der Waals surface area contributed by atoms with Crippen LogP contribution in [-0.2, 0) is 0 Å². The fourth-order valence-electron chi connectivity index (χ4n) is 1.05. The summed E-state index contributed by atoms with van der Waals surface area (Å²) in [4.78, 5) is 11.7. The molecule has 3 heteroatoms. The monoisotopic (exact) mass is 255 g/mol. The predicted octanol–water partition coefficient (Wildman–Crippen LogP) is 2.98. The molecule has 1 rings (SSSR count). The summed E-state index contributed by atoms with van der Waals surface area (Å²) in [6.07, 6.45) is 0.941. The van der Waals surface area contributed by atoms with Crippen molar-refractivity contribution in [3.8, 4) is 0 Å². The SMILES string of the molecule is CC[C@@H](C)NC(=O)c1ccccc1Br. The molecule has 1 aromatic carbocycles. The first-order valence-electron chi connectivity index (χ1n) is 4.70. The highest BCUT2D eigenvalue weighted by Gasteiger charge is 2.10. The van der Waals surface area contributed by atoms with Crippen LogP contribution in [0.4, 0.5) is 0 Å². The summed E-state index contributed by atoms with van der Waals surface area (Å²) in [5.74, 6) is -0.0215. The number of amides is 1. The van der Waals surface area contributed by atoms with E-state index < -0.39 is 0 Å². The van der Waals surface area contributed by atoms with Gasteiger partial charge in [-0.05, 0) is 41.4 Å². The van der Waals surface area contributed by atoms with Gasteiger partial charge in [-0.3, -0.25) is 4.79 Å². The molecule has 1 amide bonds. The van der Waals surface area contributed by atoms with Gasteiger partial charge < -0.3 is 5.32 Å². The second-order valence-electron chi connectivity index (χ2n) is 3.26. The second kappa shape index (κ2) is 5.15. The molecule has 0 spiro atoms. The first-order valence-corrected chi connectivity index (χ1v) is 5.49. The highest BCUT2D eigenvalue weighted by molar-refractivity contribution is 9.10. The van der Waals surface area contributed by atoms with Crippen molar-refractivity contribution in [1.82, 2.24) is 5.32 Å². The van der Waals surface area contributed by atoms with Crippen molar-refractivity contribution in [1.29, 1.82) is 0 Å². The molecule has 0 aromatic heterocycles. The van der Waals surface area contributed by atoms with Crippen LogP contribution in [0.3, 0.4) is 0 Å². The normalized spacial score (nSPS) is 12.2. The molecule has 0 aliphatic carbocycles. The molecule has 14 heavy (non-hydrogen) atoms. The average Bonchev–Trinajstić information content (AvgIpc) is 2.18. The first kappa shape index (κ1) is 11.2. The highest BCUT2D eigenvalue weighted by atomic mass is 79.9. The van der Waals surface area contributed by atoms with Crippen LogP contribution in [0.5, 0.6) is 0 Å². The molecule has 0 unspecified atom stereocenters. The Morgan fingerprint density at radius 2 is 2.14 bits per heavy atom. The van der Waals surface area contributed by atoms with Crippen molar-refractivity contribution < 1.29 is 4.79 Å². The Labute approximate surface area is 92.8 Å². The zero-order valence-corrected chi connectivity index (χ0v) is 9.97. The number of hydrogen-bond donors (Lipinski definition) is 1. The second-order valence-corrected chi connectivity index (χ2v) is 4.12. The smallest absolute Gasteiger partial charge is 0.252 e. The van der Waals surface area contributed by atoms with E-state index in [1.165, 1.54) is 0 Å². The Bertz CT molecular complexity index is 325. The molecule has 0 aliphatic rings. The molecule has 0 bridgehead atoms. The zero-order valence-electron chi connectivity index (χ0n) is 8.38. The van der Waals surface area contributed by atoms with Crippen LogP contribution < -0.4 is 5.32 Å². The maximum Gasteiger partial charge on any atom is 0.252 e. The van der Waals surface area contributed by atoms with Gasteiger partial charge in [-0.1, -0.05) is 19.1 Å². The van der Waals surface area contributed by atoms with Crippen molar-refractivity contribution >= 4 is 21.8 Å². The number of nitrogens with one attached hydrogen (secondary N) is 1. The molecule has 0 saturated carbocycles. The molecule has 2 nitrogen and oxygen atoms in total. The number of benzene rings is 1. The molecule has 0 fully saturated rings. The van der Waals surface area contributed by atoms with Crippen LogP contribution in [0.25, 0.3) is 0 Å². The van der Waals surface area contributed by atoms with Gasteiger partial charge in [0.25, 0.3) is 5.91 Å². The lowest BCUT2D eigenvalue weighted by Gasteiger charge is -2.11.